The Kier molecular flexibility index (Phi) is 6.60. The van der Waals surface area contributed by atoms with Crippen molar-refractivity contribution in [2.24, 2.45) is 0 Å². The predicted octanol–water partition coefficient (Wildman–Crippen LogP) is 4.13. The molecule has 1 fully saturated rings. The van der Waals surface area contributed by atoms with Gasteiger partial charge >= 0.3 is 0 Å². The third-order valence-electron chi connectivity index (χ3n) is 5.51. The molecule has 4 rings (SSSR count). The molecule has 0 bridgehead atoms. The van der Waals surface area contributed by atoms with Crippen LogP contribution in [-0.2, 0) is 10.0 Å². The molecule has 1 saturated heterocycles. The Balaban J connectivity index is 1.85. The number of nitrogens with zero attached hydrogens (tertiary/aromatic N) is 4. The molecule has 0 aliphatic carbocycles. The molecule has 1 aliphatic rings. The van der Waals surface area contributed by atoms with E-state index in [2.05, 4.69) is 15.5 Å². The Morgan fingerprint density at radius 2 is 2.03 bits per heavy atom. The molecule has 164 valence electrons. The highest BCUT2D eigenvalue weighted by Crippen LogP contribution is 2.37. The molecule has 0 spiro atoms. The van der Waals surface area contributed by atoms with E-state index in [9.17, 15) is 8.42 Å². The Labute approximate surface area is 188 Å². The molecule has 1 aromatic heterocycles. The number of unbranched alkanes of at least 4 members (excludes halogenated alkanes) is 1. The van der Waals surface area contributed by atoms with Crippen molar-refractivity contribution >= 4 is 27.3 Å². The smallest absolute Gasteiger partial charge is 0.264 e. The fourth-order valence-corrected chi connectivity index (χ4v) is 5.59. The monoisotopic (exact) mass is 459 g/mol. The summed E-state index contributed by atoms with van der Waals surface area (Å²) in [5, 5.41) is 12.4. The number of aromatic nitrogens is 3. The lowest BCUT2D eigenvalue weighted by molar-refractivity contribution is 0.550. The van der Waals surface area contributed by atoms with E-state index in [1.165, 1.54) is 4.31 Å². The van der Waals surface area contributed by atoms with Gasteiger partial charge in [0.25, 0.3) is 10.0 Å². The average Bonchev–Trinajstić information content (AvgIpc) is 3.47. The first-order valence-corrected chi connectivity index (χ1v) is 12.3. The van der Waals surface area contributed by atoms with Crippen LogP contribution in [-0.4, -0.2) is 42.8 Å². The number of hydrogen-bond donors (Lipinski definition) is 1. The van der Waals surface area contributed by atoms with Crippen LogP contribution < -0.4 is 9.62 Å². The lowest BCUT2D eigenvalue weighted by atomic mass is 10.1. The number of rotatable bonds is 8. The van der Waals surface area contributed by atoms with E-state index >= 15 is 0 Å². The topological polar surface area (TPSA) is 80.1 Å². The third kappa shape index (κ3) is 4.46. The van der Waals surface area contributed by atoms with Crippen molar-refractivity contribution in [1.82, 2.24) is 20.1 Å². The molecule has 1 N–H and O–H groups in total. The standard InChI is InChI=1S/C22H26ClN5O2S/c1-2-3-13-28(31(29,30)19-7-5-4-6-8-19)21-10-9-17(23)14-20(21)22-26-25-16-27(22)18-11-12-24-15-18/h4-10,14,16,18,24H,2-3,11-13,15H2,1H3. The second-order valence-corrected chi connectivity index (χ2v) is 9.91. The van der Waals surface area contributed by atoms with Crippen molar-refractivity contribution < 1.29 is 8.42 Å². The number of halogens is 1. The first-order chi connectivity index (χ1) is 15.0. The van der Waals surface area contributed by atoms with Crippen molar-refractivity contribution in [1.29, 1.82) is 0 Å². The second-order valence-electron chi connectivity index (χ2n) is 7.61. The summed E-state index contributed by atoms with van der Waals surface area (Å²) in [6, 6.07) is 14.0. The van der Waals surface area contributed by atoms with E-state index in [0.29, 0.717) is 28.6 Å². The first-order valence-electron chi connectivity index (χ1n) is 10.5. The van der Waals surface area contributed by atoms with Gasteiger partial charge in [-0.25, -0.2) is 8.42 Å². The molecule has 0 radical (unpaired) electrons. The lowest BCUT2D eigenvalue weighted by Crippen LogP contribution is -2.32. The summed E-state index contributed by atoms with van der Waals surface area (Å²) < 4.78 is 30.7. The van der Waals surface area contributed by atoms with Crippen LogP contribution in [0.5, 0.6) is 0 Å². The zero-order valence-electron chi connectivity index (χ0n) is 17.4. The fraction of sp³-hybridized carbons (Fsp3) is 0.364. The van der Waals surface area contributed by atoms with Gasteiger partial charge in [-0.1, -0.05) is 43.1 Å². The Bertz CT molecular complexity index is 1130. The molecule has 3 aromatic rings. The predicted molar refractivity (Wildman–Crippen MR) is 123 cm³/mol. The van der Waals surface area contributed by atoms with E-state index in [1.807, 2.05) is 11.5 Å². The largest absolute Gasteiger partial charge is 0.315 e. The molecular formula is C22H26ClN5O2S. The molecular weight excluding hydrogens is 434 g/mol. The maximum atomic E-state index is 13.6. The summed E-state index contributed by atoms with van der Waals surface area (Å²) in [5.41, 5.74) is 1.22. The van der Waals surface area contributed by atoms with Crippen LogP contribution in [0.15, 0.2) is 59.8 Å². The minimum Gasteiger partial charge on any atom is -0.315 e. The Morgan fingerprint density at radius 3 is 2.74 bits per heavy atom. The molecule has 9 heteroatoms. The van der Waals surface area contributed by atoms with Crippen LogP contribution in [0.3, 0.4) is 0 Å². The first kappa shape index (κ1) is 21.8. The van der Waals surface area contributed by atoms with Crippen LogP contribution in [0.25, 0.3) is 11.4 Å². The molecule has 7 nitrogen and oxygen atoms in total. The van der Waals surface area contributed by atoms with Crippen LogP contribution in [0.4, 0.5) is 5.69 Å². The van der Waals surface area contributed by atoms with Crippen molar-refractivity contribution in [3.8, 4) is 11.4 Å². The van der Waals surface area contributed by atoms with Crippen molar-refractivity contribution in [3.63, 3.8) is 0 Å². The van der Waals surface area contributed by atoms with E-state index in [1.54, 1.807) is 54.9 Å². The summed E-state index contributed by atoms with van der Waals surface area (Å²) in [6.07, 6.45) is 4.27. The van der Waals surface area contributed by atoms with Crippen molar-refractivity contribution in [2.75, 3.05) is 23.9 Å². The van der Waals surface area contributed by atoms with Crippen LogP contribution in [0.1, 0.15) is 32.2 Å². The Morgan fingerprint density at radius 1 is 1.23 bits per heavy atom. The summed E-state index contributed by atoms with van der Waals surface area (Å²) in [4.78, 5) is 0.258. The van der Waals surface area contributed by atoms with Gasteiger partial charge in [0.1, 0.15) is 6.33 Å². The van der Waals surface area contributed by atoms with E-state index in [0.717, 1.165) is 32.4 Å². The maximum absolute atomic E-state index is 13.6. The highest BCUT2D eigenvalue weighted by Gasteiger charge is 2.29. The molecule has 2 aromatic carbocycles. The summed E-state index contributed by atoms with van der Waals surface area (Å²) in [6.45, 7) is 4.15. The summed E-state index contributed by atoms with van der Waals surface area (Å²) >= 11 is 6.35. The second kappa shape index (κ2) is 9.38. The van der Waals surface area contributed by atoms with Crippen LogP contribution >= 0.6 is 11.6 Å². The number of nitrogens with one attached hydrogen (secondary N) is 1. The van der Waals surface area contributed by atoms with Gasteiger partial charge in [0.15, 0.2) is 5.82 Å². The molecule has 2 heterocycles. The molecule has 0 saturated carbocycles. The molecule has 1 aliphatic heterocycles. The van der Waals surface area contributed by atoms with E-state index in [-0.39, 0.29) is 10.9 Å². The number of sulfonamides is 1. The van der Waals surface area contributed by atoms with Gasteiger partial charge in [0, 0.05) is 23.7 Å². The number of anilines is 1. The van der Waals surface area contributed by atoms with Crippen molar-refractivity contribution in [2.45, 2.75) is 37.1 Å². The molecule has 1 unspecified atom stereocenters. The van der Waals surface area contributed by atoms with E-state index in [4.69, 9.17) is 11.6 Å². The van der Waals surface area contributed by atoms with Crippen LogP contribution in [0.2, 0.25) is 5.02 Å². The average molecular weight is 460 g/mol. The molecule has 1 atom stereocenters. The molecule has 0 amide bonds. The van der Waals surface area contributed by atoms with Gasteiger partial charge in [-0.15, -0.1) is 10.2 Å². The van der Waals surface area contributed by atoms with Gasteiger partial charge in [-0.05, 0) is 49.7 Å². The zero-order chi connectivity index (χ0) is 21.8. The van der Waals surface area contributed by atoms with Gasteiger partial charge in [0.05, 0.1) is 16.6 Å². The lowest BCUT2D eigenvalue weighted by Gasteiger charge is -2.27. The highest BCUT2D eigenvalue weighted by atomic mass is 35.5. The number of hydrogen-bond acceptors (Lipinski definition) is 5. The molecule has 31 heavy (non-hydrogen) atoms. The highest BCUT2D eigenvalue weighted by molar-refractivity contribution is 7.92. The van der Waals surface area contributed by atoms with Crippen molar-refractivity contribution in [3.05, 3.63) is 59.9 Å². The summed E-state index contributed by atoms with van der Waals surface area (Å²) in [7, 11) is -3.76. The fourth-order valence-electron chi connectivity index (χ4n) is 3.88. The SMILES string of the molecule is CCCCN(c1ccc(Cl)cc1-c1nncn1C1CCNC1)S(=O)(=O)c1ccccc1. The number of benzene rings is 2. The zero-order valence-corrected chi connectivity index (χ0v) is 19.0. The normalized spacial score (nSPS) is 16.5. The minimum absolute atomic E-state index is 0.214. The summed E-state index contributed by atoms with van der Waals surface area (Å²) in [5.74, 6) is 0.621. The van der Waals surface area contributed by atoms with Gasteiger partial charge in [-0.2, -0.15) is 0 Å². The van der Waals surface area contributed by atoms with Gasteiger partial charge < -0.3 is 9.88 Å². The van der Waals surface area contributed by atoms with Gasteiger partial charge in [0.2, 0.25) is 0 Å². The van der Waals surface area contributed by atoms with Crippen LogP contribution in [0, 0.1) is 0 Å². The third-order valence-corrected chi connectivity index (χ3v) is 7.58. The van der Waals surface area contributed by atoms with Gasteiger partial charge in [-0.3, -0.25) is 4.31 Å². The van der Waals surface area contributed by atoms with E-state index < -0.39 is 10.0 Å². The quantitative estimate of drug-likeness (QED) is 0.547. The Hall–Kier alpha value is -2.42. The maximum Gasteiger partial charge on any atom is 0.264 e. The minimum atomic E-state index is -3.76.